The lowest BCUT2D eigenvalue weighted by atomic mass is 10.0. The lowest BCUT2D eigenvalue weighted by molar-refractivity contribution is -0.893. The molecule has 0 spiro atoms. The number of ether oxygens (including phenoxy) is 1. The van der Waals surface area contributed by atoms with E-state index in [1.807, 2.05) is 6.92 Å². The van der Waals surface area contributed by atoms with Gasteiger partial charge in [0.25, 0.3) is 0 Å². The molecule has 0 aromatic rings. The van der Waals surface area contributed by atoms with Crippen LogP contribution in [0.5, 0.6) is 0 Å². The third kappa shape index (κ3) is 18.9. The Bertz CT molecular complexity index is 437. The molecule has 5 heteroatoms. The largest absolute Gasteiger partial charge is 0.481 e. The van der Waals surface area contributed by atoms with Gasteiger partial charge in [-0.3, -0.25) is 9.59 Å². The van der Waals surface area contributed by atoms with Gasteiger partial charge in [0.15, 0.2) is 6.10 Å². The predicted octanol–water partition coefficient (Wildman–Crippen LogP) is 6.34. The molecule has 0 saturated carbocycles. The maximum atomic E-state index is 11.8. The maximum absolute atomic E-state index is 11.8. The molecule has 0 aliphatic rings. The Hall–Kier alpha value is -1.10. The van der Waals surface area contributed by atoms with Crippen LogP contribution in [0.25, 0.3) is 0 Å². The number of hydrogen-bond acceptors (Lipinski definition) is 3. The molecular formula is C25H50NO4+. The zero-order chi connectivity index (χ0) is 22.7. The van der Waals surface area contributed by atoms with Crippen molar-refractivity contribution in [2.24, 2.45) is 0 Å². The first-order chi connectivity index (χ1) is 14.3. The van der Waals surface area contributed by atoms with Gasteiger partial charge in [-0.05, 0) is 12.8 Å². The second kappa shape index (κ2) is 18.7. The minimum Gasteiger partial charge on any atom is -0.481 e. The third-order valence-corrected chi connectivity index (χ3v) is 5.82. The van der Waals surface area contributed by atoms with Gasteiger partial charge in [0, 0.05) is 12.8 Å². The monoisotopic (exact) mass is 428 g/mol. The standard InChI is InChI=1S/C25H49NO4/c1-5-7-8-9-10-11-12-13-14-15-16-17-19-23(30-25(29)6-2)22-26(3,4)21-18-20-24(27)28/h23H,5-22H2,1-4H3/p+1. The minimum atomic E-state index is -0.750. The lowest BCUT2D eigenvalue weighted by Gasteiger charge is -2.33. The number of likely N-dealkylation sites (N-methyl/N-ethyl adjacent to an activating group) is 1. The molecule has 0 bridgehead atoms. The number of rotatable bonds is 21. The Morgan fingerprint density at radius 1 is 0.800 bits per heavy atom. The van der Waals surface area contributed by atoms with Crippen LogP contribution in [0, 0.1) is 0 Å². The second-order valence-electron chi connectivity index (χ2n) is 9.48. The second-order valence-corrected chi connectivity index (χ2v) is 9.48. The molecule has 0 aliphatic heterocycles. The lowest BCUT2D eigenvalue weighted by Crippen LogP contribution is -2.47. The molecule has 1 atom stereocenters. The summed E-state index contributed by atoms with van der Waals surface area (Å²) in [6.07, 6.45) is 17.9. The average molecular weight is 429 g/mol. The van der Waals surface area contributed by atoms with Gasteiger partial charge in [-0.25, -0.2) is 0 Å². The van der Waals surface area contributed by atoms with Gasteiger partial charge in [-0.2, -0.15) is 0 Å². The van der Waals surface area contributed by atoms with Gasteiger partial charge < -0.3 is 14.3 Å². The van der Waals surface area contributed by atoms with E-state index in [1.165, 1.54) is 70.6 Å². The predicted molar refractivity (Wildman–Crippen MR) is 125 cm³/mol. The molecule has 0 amide bonds. The molecule has 0 aromatic heterocycles. The maximum Gasteiger partial charge on any atom is 0.305 e. The Labute approximate surface area is 186 Å². The van der Waals surface area contributed by atoms with Crippen LogP contribution in [0.1, 0.15) is 117 Å². The van der Waals surface area contributed by atoms with Crippen molar-refractivity contribution in [1.29, 1.82) is 0 Å². The van der Waals surface area contributed by atoms with E-state index in [1.54, 1.807) is 0 Å². The summed E-state index contributed by atoms with van der Waals surface area (Å²) in [6.45, 7) is 5.63. The van der Waals surface area contributed by atoms with Crippen LogP contribution in [0.2, 0.25) is 0 Å². The molecule has 5 nitrogen and oxygen atoms in total. The van der Waals surface area contributed by atoms with Crippen molar-refractivity contribution in [3.8, 4) is 0 Å². The summed E-state index contributed by atoms with van der Waals surface area (Å²) in [5, 5.41) is 8.85. The van der Waals surface area contributed by atoms with Crippen LogP contribution >= 0.6 is 0 Å². The van der Waals surface area contributed by atoms with Gasteiger partial charge in [-0.1, -0.05) is 84.5 Å². The fourth-order valence-electron chi connectivity index (χ4n) is 3.97. The summed E-state index contributed by atoms with van der Waals surface area (Å²) in [5.41, 5.74) is 0. The first kappa shape index (κ1) is 28.9. The van der Waals surface area contributed by atoms with E-state index in [-0.39, 0.29) is 18.5 Å². The van der Waals surface area contributed by atoms with Crippen molar-refractivity contribution in [2.45, 2.75) is 123 Å². The molecule has 178 valence electrons. The number of unbranched alkanes of at least 4 members (excludes halogenated alkanes) is 11. The van der Waals surface area contributed by atoms with Gasteiger partial charge in [-0.15, -0.1) is 0 Å². The van der Waals surface area contributed by atoms with Crippen LogP contribution in [0.15, 0.2) is 0 Å². The van der Waals surface area contributed by atoms with Crippen LogP contribution < -0.4 is 0 Å². The fraction of sp³-hybridized carbons (Fsp3) is 0.920. The molecule has 30 heavy (non-hydrogen) atoms. The summed E-state index contributed by atoms with van der Waals surface area (Å²) in [5.74, 6) is -0.884. The number of aliphatic carboxylic acids is 1. The van der Waals surface area contributed by atoms with E-state index in [0.717, 1.165) is 25.9 Å². The van der Waals surface area contributed by atoms with Crippen molar-refractivity contribution in [3.63, 3.8) is 0 Å². The summed E-state index contributed by atoms with van der Waals surface area (Å²) in [6, 6.07) is 0. The highest BCUT2D eigenvalue weighted by atomic mass is 16.5. The quantitative estimate of drug-likeness (QED) is 0.132. The van der Waals surface area contributed by atoms with Crippen molar-refractivity contribution < 1.29 is 23.9 Å². The van der Waals surface area contributed by atoms with Gasteiger partial charge in [0.05, 0.1) is 27.1 Å². The third-order valence-electron chi connectivity index (χ3n) is 5.82. The number of carboxylic acid groups (broad SMARTS) is 1. The molecule has 0 aromatic carbocycles. The summed E-state index contributed by atoms with van der Waals surface area (Å²) < 4.78 is 6.38. The first-order valence-corrected chi connectivity index (χ1v) is 12.5. The average Bonchev–Trinajstić information content (AvgIpc) is 2.67. The van der Waals surface area contributed by atoms with Gasteiger partial charge in [0.2, 0.25) is 0 Å². The van der Waals surface area contributed by atoms with E-state index >= 15 is 0 Å². The molecule has 0 rings (SSSR count). The van der Waals surface area contributed by atoms with Crippen molar-refractivity contribution in [3.05, 3.63) is 0 Å². The van der Waals surface area contributed by atoms with Crippen LogP contribution in [0.4, 0.5) is 0 Å². The van der Waals surface area contributed by atoms with Crippen molar-refractivity contribution in [1.82, 2.24) is 0 Å². The zero-order valence-corrected chi connectivity index (χ0v) is 20.4. The minimum absolute atomic E-state index is 0.0691. The number of esters is 1. The van der Waals surface area contributed by atoms with Gasteiger partial charge >= 0.3 is 11.9 Å². The van der Waals surface area contributed by atoms with E-state index in [2.05, 4.69) is 21.0 Å². The zero-order valence-electron chi connectivity index (χ0n) is 20.4. The molecule has 0 heterocycles. The number of quaternary nitrogens is 1. The Morgan fingerprint density at radius 3 is 1.77 bits per heavy atom. The number of nitrogens with zero attached hydrogens (tertiary/aromatic N) is 1. The highest BCUT2D eigenvalue weighted by Crippen LogP contribution is 2.16. The molecule has 0 aliphatic carbocycles. The SMILES string of the molecule is CCCCCCCCCCCCCCC(C[N+](C)(C)CCCC(=O)O)OC(=O)CC. The number of carbonyl (C=O) groups is 2. The molecule has 0 saturated heterocycles. The highest BCUT2D eigenvalue weighted by Gasteiger charge is 2.24. The fourth-order valence-corrected chi connectivity index (χ4v) is 3.97. The Kier molecular flexibility index (Phi) is 18.0. The summed E-state index contributed by atoms with van der Waals surface area (Å²) in [7, 11) is 4.19. The first-order valence-electron chi connectivity index (χ1n) is 12.5. The Balaban J connectivity index is 4.00. The summed E-state index contributed by atoms with van der Waals surface area (Å²) >= 11 is 0. The van der Waals surface area contributed by atoms with Crippen LogP contribution in [0.3, 0.4) is 0 Å². The van der Waals surface area contributed by atoms with Gasteiger partial charge in [0.1, 0.15) is 6.54 Å². The van der Waals surface area contributed by atoms with E-state index in [9.17, 15) is 9.59 Å². The Morgan fingerprint density at radius 2 is 1.30 bits per heavy atom. The topological polar surface area (TPSA) is 63.6 Å². The smallest absolute Gasteiger partial charge is 0.305 e. The number of hydrogen-bond donors (Lipinski definition) is 1. The molecule has 1 N–H and O–H groups in total. The number of carbonyl (C=O) groups excluding carboxylic acids is 1. The molecule has 0 fully saturated rings. The van der Waals surface area contributed by atoms with E-state index < -0.39 is 5.97 Å². The summed E-state index contributed by atoms with van der Waals surface area (Å²) in [4.78, 5) is 22.6. The molecule has 0 radical (unpaired) electrons. The van der Waals surface area contributed by atoms with Crippen LogP contribution in [-0.4, -0.2) is 54.8 Å². The van der Waals surface area contributed by atoms with E-state index in [4.69, 9.17) is 9.84 Å². The number of carboxylic acids is 1. The van der Waals surface area contributed by atoms with Crippen molar-refractivity contribution in [2.75, 3.05) is 27.2 Å². The molecular weight excluding hydrogens is 378 g/mol. The van der Waals surface area contributed by atoms with Crippen LogP contribution in [-0.2, 0) is 14.3 Å². The molecule has 1 unspecified atom stereocenters. The van der Waals surface area contributed by atoms with E-state index in [0.29, 0.717) is 17.3 Å². The normalized spacial score (nSPS) is 12.7. The van der Waals surface area contributed by atoms with Crippen molar-refractivity contribution >= 4 is 11.9 Å². The highest BCUT2D eigenvalue weighted by molar-refractivity contribution is 5.69.